The zero-order chi connectivity index (χ0) is 14.7. The smallest absolute Gasteiger partial charge is 0.124 e. The zero-order valence-electron chi connectivity index (χ0n) is 11.5. The van der Waals surface area contributed by atoms with Gasteiger partial charge in [0.1, 0.15) is 11.5 Å². The quantitative estimate of drug-likeness (QED) is 0.781. The van der Waals surface area contributed by atoms with E-state index >= 15 is 0 Å². The normalized spacial score (nSPS) is 13.9. The highest BCUT2D eigenvalue weighted by Crippen LogP contribution is 2.34. The molecule has 0 amide bonds. The van der Waals surface area contributed by atoms with Gasteiger partial charge in [-0.15, -0.1) is 0 Å². The minimum Gasteiger partial charge on any atom is -0.507 e. The average molecular weight is 336 g/mol. The molecular formula is C16H18BrNO2. The van der Waals surface area contributed by atoms with Crippen molar-refractivity contribution in [3.05, 3.63) is 58.1 Å². The molecule has 106 valence electrons. The summed E-state index contributed by atoms with van der Waals surface area (Å²) in [6, 6.07) is 12.7. The highest BCUT2D eigenvalue weighted by Gasteiger charge is 2.18. The third-order valence-corrected chi connectivity index (χ3v) is 4.09. The summed E-state index contributed by atoms with van der Waals surface area (Å²) >= 11 is 3.53. The lowest BCUT2D eigenvalue weighted by Gasteiger charge is -2.22. The van der Waals surface area contributed by atoms with Crippen LogP contribution in [-0.4, -0.2) is 10.2 Å². The van der Waals surface area contributed by atoms with Crippen LogP contribution in [0.25, 0.3) is 0 Å². The van der Waals surface area contributed by atoms with E-state index in [0.29, 0.717) is 5.56 Å². The molecule has 1 unspecified atom stereocenters. The molecule has 0 heterocycles. The summed E-state index contributed by atoms with van der Waals surface area (Å²) in [5.41, 5.74) is 1.65. The van der Waals surface area contributed by atoms with E-state index in [1.807, 2.05) is 38.1 Å². The molecule has 4 heteroatoms. The van der Waals surface area contributed by atoms with Crippen LogP contribution < -0.4 is 5.32 Å². The minimum atomic E-state index is -0.168. The summed E-state index contributed by atoms with van der Waals surface area (Å²) in [6.07, 6.45) is 0. The van der Waals surface area contributed by atoms with Gasteiger partial charge in [-0.3, -0.25) is 0 Å². The highest BCUT2D eigenvalue weighted by molar-refractivity contribution is 9.10. The Morgan fingerprint density at radius 1 is 0.900 bits per heavy atom. The van der Waals surface area contributed by atoms with Crippen molar-refractivity contribution in [3.63, 3.8) is 0 Å². The van der Waals surface area contributed by atoms with E-state index < -0.39 is 0 Å². The van der Waals surface area contributed by atoms with Crippen molar-refractivity contribution in [1.29, 1.82) is 0 Å². The first-order valence-corrected chi connectivity index (χ1v) is 7.31. The summed E-state index contributed by atoms with van der Waals surface area (Å²) in [7, 11) is 0. The third-order valence-electron chi connectivity index (χ3n) is 3.36. The van der Waals surface area contributed by atoms with Crippen molar-refractivity contribution in [2.45, 2.75) is 25.9 Å². The van der Waals surface area contributed by atoms with Gasteiger partial charge in [-0.05, 0) is 37.6 Å². The molecule has 3 N–H and O–H groups in total. The zero-order valence-corrected chi connectivity index (χ0v) is 13.1. The summed E-state index contributed by atoms with van der Waals surface area (Å²) in [6.45, 7) is 3.97. The molecule has 2 aromatic rings. The fourth-order valence-corrected chi connectivity index (χ4v) is 2.99. The number of halogens is 1. The molecule has 0 aliphatic carbocycles. The van der Waals surface area contributed by atoms with Gasteiger partial charge in [-0.1, -0.05) is 40.2 Å². The van der Waals surface area contributed by atoms with Crippen molar-refractivity contribution in [2.24, 2.45) is 0 Å². The molecule has 0 saturated carbocycles. The molecule has 0 spiro atoms. The van der Waals surface area contributed by atoms with Crippen molar-refractivity contribution < 1.29 is 10.2 Å². The number of rotatable bonds is 4. The molecule has 0 saturated heterocycles. The predicted octanol–water partition coefficient (Wildman–Crippen LogP) is 4.27. The van der Waals surface area contributed by atoms with Crippen LogP contribution in [0.5, 0.6) is 11.5 Å². The van der Waals surface area contributed by atoms with Crippen LogP contribution in [0.2, 0.25) is 0 Å². The molecule has 0 bridgehead atoms. The molecular weight excluding hydrogens is 318 g/mol. The lowest BCUT2D eigenvalue weighted by Crippen LogP contribution is -2.23. The van der Waals surface area contributed by atoms with E-state index in [9.17, 15) is 10.2 Å². The van der Waals surface area contributed by atoms with Gasteiger partial charge in [0.2, 0.25) is 0 Å². The second kappa shape index (κ2) is 6.29. The van der Waals surface area contributed by atoms with Gasteiger partial charge in [0.15, 0.2) is 0 Å². The molecule has 2 aromatic carbocycles. The number of aromatic hydroxyl groups is 2. The average Bonchev–Trinajstić information content (AvgIpc) is 2.38. The van der Waals surface area contributed by atoms with Crippen molar-refractivity contribution >= 4 is 15.9 Å². The van der Waals surface area contributed by atoms with Gasteiger partial charge >= 0.3 is 0 Å². The fraction of sp³-hybridized carbons (Fsp3) is 0.250. The van der Waals surface area contributed by atoms with Gasteiger partial charge in [-0.2, -0.15) is 0 Å². The maximum absolute atomic E-state index is 9.89. The Morgan fingerprint density at radius 3 is 2.10 bits per heavy atom. The van der Waals surface area contributed by atoms with Gasteiger partial charge in [-0.25, -0.2) is 0 Å². The van der Waals surface area contributed by atoms with E-state index in [-0.39, 0.29) is 23.6 Å². The molecule has 0 fully saturated rings. The Labute approximate surface area is 127 Å². The summed E-state index contributed by atoms with van der Waals surface area (Å²) < 4.78 is 1.04. The first-order chi connectivity index (χ1) is 9.50. The van der Waals surface area contributed by atoms with Crippen LogP contribution in [0.15, 0.2) is 46.9 Å². The molecule has 3 nitrogen and oxygen atoms in total. The second-order valence-corrected chi connectivity index (χ2v) is 5.70. The van der Waals surface area contributed by atoms with Gasteiger partial charge < -0.3 is 15.5 Å². The van der Waals surface area contributed by atoms with Crippen LogP contribution in [0, 0.1) is 0 Å². The fourth-order valence-electron chi connectivity index (χ4n) is 2.36. The monoisotopic (exact) mass is 335 g/mol. The Morgan fingerprint density at radius 2 is 1.50 bits per heavy atom. The second-order valence-electron chi connectivity index (χ2n) is 4.84. The van der Waals surface area contributed by atoms with E-state index in [1.54, 1.807) is 18.2 Å². The van der Waals surface area contributed by atoms with Crippen LogP contribution in [0.3, 0.4) is 0 Å². The largest absolute Gasteiger partial charge is 0.507 e. The molecule has 20 heavy (non-hydrogen) atoms. The molecule has 0 aliphatic rings. The van der Waals surface area contributed by atoms with Crippen LogP contribution in [-0.2, 0) is 0 Å². The van der Waals surface area contributed by atoms with Gasteiger partial charge in [0, 0.05) is 16.6 Å². The topological polar surface area (TPSA) is 52.5 Å². The number of phenols is 2. The van der Waals surface area contributed by atoms with Crippen LogP contribution in [0.4, 0.5) is 0 Å². The Hall–Kier alpha value is -1.52. The lowest BCUT2D eigenvalue weighted by atomic mass is 10.0. The minimum absolute atomic E-state index is 0.0829. The maximum atomic E-state index is 9.89. The van der Waals surface area contributed by atoms with E-state index in [4.69, 9.17) is 0 Å². The number of phenolic OH excluding ortho intramolecular Hbond substituents is 2. The number of hydrogen-bond acceptors (Lipinski definition) is 3. The van der Waals surface area contributed by atoms with Crippen LogP contribution >= 0.6 is 15.9 Å². The third kappa shape index (κ3) is 3.14. The molecule has 0 aromatic heterocycles. The van der Waals surface area contributed by atoms with E-state index in [2.05, 4.69) is 21.2 Å². The molecule has 2 rings (SSSR count). The van der Waals surface area contributed by atoms with Crippen molar-refractivity contribution in [3.8, 4) is 11.5 Å². The molecule has 0 aliphatic heterocycles. The Kier molecular flexibility index (Phi) is 4.68. The summed E-state index contributed by atoms with van der Waals surface area (Å²) in [5.74, 6) is 0.202. The summed E-state index contributed by atoms with van der Waals surface area (Å²) in [4.78, 5) is 0. The standard InChI is InChI=1S/C16H18BrNO2/c1-10(12-6-3-4-7-13(12)17)18-11(2)16-14(19)8-5-9-15(16)20/h3-11,18-20H,1-2H3/t10-,11?/m1/s1. The highest BCUT2D eigenvalue weighted by atomic mass is 79.9. The maximum Gasteiger partial charge on any atom is 0.124 e. The lowest BCUT2D eigenvalue weighted by molar-refractivity contribution is 0.407. The first kappa shape index (κ1) is 14.9. The number of benzene rings is 2. The van der Waals surface area contributed by atoms with E-state index in [0.717, 1.165) is 10.0 Å². The predicted molar refractivity (Wildman–Crippen MR) is 83.9 cm³/mol. The molecule has 2 atom stereocenters. The summed E-state index contributed by atoms with van der Waals surface area (Å²) in [5, 5.41) is 23.2. The Balaban J connectivity index is 2.20. The van der Waals surface area contributed by atoms with Crippen molar-refractivity contribution in [1.82, 2.24) is 5.32 Å². The Bertz CT molecular complexity index is 581. The molecule has 0 radical (unpaired) electrons. The van der Waals surface area contributed by atoms with Crippen LogP contribution in [0.1, 0.15) is 37.1 Å². The SMILES string of the molecule is CC(N[C@H](C)c1ccccc1Br)c1c(O)cccc1O. The van der Waals surface area contributed by atoms with E-state index in [1.165, 1.54) is 0 Å². The first-order valence-electron chi connectivity index (χ1n) is 6.52. The van der Waals surface area contributed by atoms with Gasteiger partial charge in [0.05, 0.1) is 5.56 Å². The van der Waals surface area contributed by atoms with Crippen molar-refractivity contribution in [2.75, 3.05) is 0 Å². The number of hydrogen-bond donors (Lipinski definition) is 3. The number of nitrogens with one attached hydrogen (secondary N) is 1. The van der Waals surface area contributed by atoms with Gasteiger partial charge in [0.25, 0.3) is 0 Å².